The Hall–Kier alpha value is -1.59. The highest BCUT2D eigenvalue weighted by atomic mass is 16.5. The molecule has 2 N–H and O–H groups in total. The van der Waals surface area contributed by atoms with Gasteiger partial charge in [0.15, 0.2) is 5.96 Å². The van der Waals surface area contributed by atoms with E-state index in [0.29, 0.717) is 12.5 Å². The molecule has 1 rings (SSSR count). The van der Waals surface area contributed by atoms with Crippen molar-refractivity contribution in [1.82, 2.24) is 10.6 Å². The van der Waals surface area contributed by atoms with Crippen LogP contribution in [0, 0.1) is 5.92 Å². The van der Waals surface area contributed by atoms with Crippen LogP contribution in [0.25, 0.3) is 0 Å². The maximum absolute atomic E-state index is 5.56. The summed E-state index contributed by atoms with van der Waals surface area (Å²) in [6, 6.07) is 8.38. The third-order valence-electron chi connectivity index (χ3n) is 3.23. The van der Waals surface area contributed by atoms with Gasteiger partial charge in [-0.15, -0.1) is 0 Å². The summed E-state index contributed by atoms with van der Waals surface area (Å²) in [5, 5.41) is 6.61. The normalized spacial score (nSPS) is 11.8. The second-order valence-electron chi connectivity index (χ2n) is 5.92. The summed E-state index contributed by atoms with van der Waals surface area (Å²) in [6.07, 6.45) is 0.971. The standard InChI is InChI=1S/C18H31N3O2/c1-15(2)13-23-11-5-10-20-18(19-3)21-12-16-6-8-17(9-7-16)14-22-4/h6-9,15H,5,10-14H2,1-4H3,(H2,19,20,21). The molecular formula is C18H31N3O2. The van der Waals surface area contributed by atoms with E-state index in [2.05, 4.69) is 53.7 Å². The maximum Gasteiger partial charge on any atom is 0.191 e. The summed E-state index contributed by atoms with van der Waals surface area (Å²) < 4.78 is 10.7. The maximum atomic E-state index is 5.56. The summed E-state index contributed by atoms with van der Waals surface area (Å²) in [6.45, 7) is 8.17. The van der Waals surface area contributed by atoms with Gasteiger partial charge in [-0.25, -0.2) is 0 Å². The Morgan fingerprint density at radius 3 is 2.43 bits per heavy atom. The van der Waals surface area contributed by atoms with Crippen molar-refractivity contribution in [2.24, 2.45) is 10.9 Å². The molecule has 0 aliphatic carbocycles. The van der Waals surface area contributed by atoms with E-state index < -0.39 is 0 Å². The zero-order valence-electron chi connectivity index (χ0n) is 14.9. The summed E-state index contributed by atoms with van der Waals surface area (Å²) in [7, 11) is 3.49. The number of nitrogens with zero attached hydrogens (tertiary/aromatic N) is 1. The predicted molar refractivity (Wildman–Crippen MR) is 95.6 cm³/mol. The van der Waals surface area contributed by atoms with Crippen LogP contribution in [0.1, 0.15) is 31.4 Å². The molecule has 1 aromatic rings. The SMILES string of the molecule is CN=C(NCCCOCC(C)C)NCc1ccc(COC)cc1. The van der Waals surface area contributed by atoms with Gasteiger partial charge in [-0.3, -0.25) is 4.99 Å². The molecule has 0 amide bonds. The number of nitrogens with one attached hydrogen (secondary N) is 2. The molecule has 0 atom stereocenters. The molecule has 1 aromatic carbocycles. The Bertz CT molecular complexity index is 444. The highest BCUT2D eigenvalue weighted by Gasteiger charge is 1.99. The monoisotopic (exact) mass is 321 g/mol. The van der Waals surface area contributed by atoms with Gasteiger partial charge in [0.05, 0.1) is 6.61 Å². The van der Waals surface area contributed by atoms with Gasteiger partial charge in [-0.2, -0.15) is 0 Å². The molecule has 130 valence electrons. The minimum atomic E-state index is 0.590. The fourth-order valence-electron chi connectivity index (χ4n) is 2.03. The quantitative estimate of drug-likeness (QED) is 0.395. The van der Waals surface area contributed by atoms with E-state index in [1.807, 2.05) is 0 Å². The third-order valence-corrected chi connectivity index (χ3v) is 3.23. The van der Waals surface area contributed by atoms with Gasteiger partial charge in [0, 0.05) is 40.5 Å². The lowest BCUT2D eigenvalue weighted by molar-refractivity contribution is 0.108. The molecule has 0 aliphatic heterocycles. The first-order valence-electron chi connectivity index (χ1n) is 8.24. The molecular weight excluding hydrogens is 290 g/mol. The van der Waals surface area contributed by atoms with Gasteiger partial charge < -0.3 is 20.1 Å². The summed E-state index contributed by atoms with van der Waals surface area (Å²) in [5.41, 5.74) is 2.40. The van der Waals surface area contributed by atoms with Gasteiger partial charge in [0.1, 0.15) is 0 Å². The van der Waals surface area contributed by atoms with Gasteiger partial charge in [0.2, 0.25) is 0 Å². The lowest BCUT2D eigenvalue weighted by Crippen LogP contribution is -2.37. The summed E-state index contributed by atoms with van der Waals surface area (Å²) >= 11 is 0. The summed E-state index contributed by atoms with van der Waals surface area (Å²) in [5.74, 6) is 1.41. The lowest BCUT2D eigenvalue weighted by Gasteiger charge is -2.12. The Morgan fingerprint density at radius 2 is 1.83 bits per heavy atom. The lowest BCUT2D eigenvalue weighted by atomic mass is 10.1. The topological polar surface area (TPSA) is 54.9 Å². The van der Waals surface area contributed by atoms with Crippen LogP contribution in [0.2, 0.25) is 0 Å². The molecule has 0 saturated heterocycles. The van der Waals surface area contributed by atoms with E-state index in [1.54, 1.807) is 14.2 Å². The van der Waals surface area contributed by atoms with E-state index in [0.717, 1.165) is 38.7 Å². The van der Waals surface area contributed by atoms with Gasteiger partial charge in [-0.05, 0) is 23.5 Å². The average Bonchev–Trinajstić information content (AvgIpc) is 2.55. The molecule has 5 nitrogen and oxygen atoms in total. The van der Waals surface area contributed by atoms with Crippen LogP contribution in [0.4, 0.5) is 0 Å². The second-order valence-corrected chi connectivity index (χ2v) is 5.92. The van der Waals surface area contributed by atoms with E-state index in [-0.39, 0.29) is 0 Å². The van der Waals surface area contributed by atoms with Crippen molar-refractivity contribution in [3.8, 4) is 0 Å². The van der Waals surface area contributed by atoms with Crippen molar-refractivity contribution >= 4 is 5.96 Å². The van der Waals surface area contributed by atoms with Crippen molar-refractivity contribution in [3.63, 3.8) is 0 Å². The number of aliphatic imine (C=N–C) groups is 1. The second kappa shape index (κ2) is 11.9. The number of hydrogen-bond donors (Lipinski definition) is 2. The molecule has 0 aromatic heterocycles. The smallest absolute Gasteiger partial charge is 0.191 e. The largest absolute Gasteiger partial charge is 0.381 e. The first kappa shape index (κ1) is 19.5. The van der Waals surface area contributed by atoms with Crippen molar-refractivity contribution in [3.05, 3.63) is 35.4 Å². The van der Waals surface area contributed by atoms with Crippen LogP contribution in [0.5, 0.6) is 0 Å². The highest BCUT2D eigenvalue weighted by Crippen LogP contribution is 2.05. The molecule has 0 fully saturated rings. The van der Waals surface area contributed by atoms with Crippen molar-refractivity contribution < 1.29 is 9.47 Å². The van der Waals surface area contributed by atoms with Crippen LogP contribution in [-0.2, 0) is 22.6 Å². The molecule has 5 heteroatoms. The molecule has 0 heterocycles. The number of rotatable bonds is 10. The van der Waals surface area contributed by atoms with E-state index in [9.17, 15) is 0 Å². The van der Waals surface area contributed by atoms with Crippen LogP contribution < -0.4 is 10.6 Å². The molecule has 0 saturated carbocycles. The van der Waals surface area contributed by atoms with Gasteiger partial charge >= 0.3 is 0 Å². The molecule has 0 unspecified atom stereocenters. The molecule has 0 spiro atoms. The van der Waals surface area contributed by atoms with E-state index >= 15 is 0 Å². The zero-order valence-corrected chi connectivity index (χ0v) is 14.9. The average molecular weight is 321 g/mol. The van der Waals surface area contributed by atoms with Gasteiger partial charge in [0.25, 0.3) is 0 Å². The Balaban J connectivity index is 2.20. The van der Waals surface area contributed by atoms with Crippen molar-refractivity contribution in [1.29, 1.82) is 0 Å². The summed E-state index contributed by atoms with van der Waals surface area (Å²) in [4.78, 5) is 4.23. The Kier molecular flexibility index (Phi) is 10.1. The first-order chi connectivity index (χ1) is 11.2. The molecule has 0 radical (unpaired) electrons. The number of benzene rings is 1. The number of ether oxygens (including phenoxy) is 2. The van der Waals surface area contributed by atoms with Crippen molar-refractivity contribution in [2.75, 3.05) is 33.9 Å². The molecule has 0 aliphatic rings. The number of hydrogen-bond acceptors (Lipinski definition) is 3. The van der Waals surface area contributed by atoms with Gasteiger partial charge in [-0.1, -0.05) is 38.1 Å². The number of methoxy groups -OCH3 is 1. The van der Waals surface area contributed by atoms with Crippen LogP contribution in [0.15, 0.2) is 29.3 Å². The van der Waals surface area contributed by atoms with Crippen LogP contribution in [0.3, 0.4) is 0 Å². The number of guanidine groups is 1. The molecule has 23 heavy (non-hydrogen) atoms. The van der Waals surface area contributed by atoms with Crippen molar-refractivity contribution in [2.45, 2.75) is 33.4 Å². The highest BCUT2D eigenvalue weighted by molar-refractivity contribution is 5.79. The first-order valence-corrected chi connectivity index (χ1v) is 8.24. The Labute approximate surface area is 140 Å². The predicted octanol–water partition coefficient (Wildman–Crippen LogP) is 2.56. The minimum absolute atomic E-state index is 0.590. The molecule has 0 bridgehead atoms. The minimum Gasteiger partial charge on any atom is -0.381 e. The van der Waals surface area contributed by atoms with Crippen LogP contribution >= 0.6 is 0 Å². The zero-order chi connectivity index (χ0) is 16.9. The van der Waals surface area contributed by atoms with Crippen LogP contribution in [-0.4, -0.2) is 39.9 Å². The van der Waals surface area contributed by atoms with E-state index in [4.69, 9.17) is 9.47 Å². The van der Waals surface area contributed by atoms with E-state index in [1.165, 1.54) is 11.1 Å². The fraction of sp³-hybridized carbons (Fsp3) is 0.611. The Morgan fingerprint density at radius 1 is 1.13 bits per heavy atom. The third kappa shape index (κ3) is 9.21. The fourth-order valence-corrected chi connectivity index (χ4v) is 2.03.